The van der Waals surface area contributed by atoms with Crippen LogP contribution in [0.15, 0.2) is 29.2 Å². The van der Waals surface area contributed by atoms with Crippen molar-refractivity contribution in [2.75, 3.05) is 30.9 Å². The van der Waals surface area contributed by atoms with Gasteiger partial charge >= 0.3 is 5.97 Å². The van der Waals surface area contributed by atoms with Gasteiger partial charge in [-0.2, -0.15) is 0 Å². The number of carbonyl (C=O) groups is 4. The first kappa shape index (κ1) is 18.4. The van der Waals surface area contributed by atoms with Crippen molar-refractivity contribution in [2.45, 2.75) is 24.2 Å². The molecule has 2 heterocycles. The molecule has 2 aliphatic heterocycles. The molecule has 0 aromatic heterocycles. The van der Waals surface area contributed by atoms with E-state index in [-0.39, 0.29) is 24.8 Å². The molecule has 0 aliphatic carbocycles. The summed E-state index contributed by atoms with van der Waals surface area (Å²) in [6, 6.07) is 7.55. The molecule has 0 saturated carbocycles. The van der Waals surface area contributed by atoms with Crippen molar-refractivity contribution in [3.05, 3.63) is 24.3 Å². The number of likely N-dealkylation sites (tertiary alicyclic amines) is 1. The van der Waals surface area contributed by atoms with Gasteiger partial charge in [0.15, 0.2) is 6.61 Å². The van der Waals surface area contributed by atoms with Crippen molar-refractivity contribution >= 4 is 41.1 Å². The molecule has 1 aromatic carbocycles. The second kappa shape index (κ2) is 7.90. The van der Waals surface area contributed by atoms with Crippen LogP contribution < -0.4 is 4.90 Å². The summed E-state index contributed by atoms with van der Waals surface area (Å²) >= 11 is 1.57. The molecule has 1 aromatic rings. The van der Waals surface area contributed by atoms with E-state index in [1.807, 2.05) is 30.5 Å². The Labute approximate surface area is 155 Å². The lowest BCUT2D eigenvalue weighted by Gasteiger charge is -2.17. The van der Waals surface area contributed by atoms with Crippen molar-refractivity contribution in [2.24, 2.45) is 5.92 Å². The van der Waals surface area contributed by atoms with E-state index in [9.17, 15) is 19.2 Å². The van der Waals surface area contributed by atoms with Gasteiger partial charge in [0.05, 0.1) is 5.92 Å². The molecule has 0 radical (unpaired) electrons. The van der Waals surface area contributed by atoms with Gasteiger partial charge in [0, 0.05) is 36.5 Å². The lowest BCUT2D eigenvalue weighted by Crippen LogP contribution is -2.36. The van der Waals surface area contributed by atoms with Gasteiger partial charge < -0.3 is 9.64 Å². The van der Waals surface area contributed by atoms with Gasteiger partial charge in [0.25, 0.3) is 5.91 Å². The molecule has 7 nitrogen and oxygen atoms in total. The van der Waals surface area contributed by atoms with E-state index in [4.69, 9.17) is 4.74 Å². The Hall–Kier alpha value is -2.35. The van der Waals surface area contributed by atoms with E-state index in [0.717, 1.165) is 15.5 Å². The molecular formula is C18H20N2O5S. The third-order valence-electron chi connectivity index (χ3n) is 4.54. The van der Waals surface area contributed by atoms with Gasteiger partial charge in [-0.3, -0.25) is 24.1 Å². The Morgan fingerprint density at radius 1 is 1.27 bits per heavy atom. The highest BCUT2D eigenvalue weighted by molar-refractivity contribution is 7.98. The summed E-state index contributed by atoms with van der Waals surface area (Å²) in [5.74, 6) is -2.08. The number of rotatable bonds is 5. The summed E-state index contributed by atoms with van der Waals surface area (Å²) in [4.78, 5) is 51.7. The molecular weight excluding hydrogens is 356 g/mol. The molecule has 138 valence electrons. The van der Waals surface area contributed by atoms with Gasteiger partial charge in [-0.1, -0.05) is 6.07 Å². The summed E-state index contributed by atoms with van der Waals surface area (Å²) in [6.07, 6.45) is 2.99. The summed E-state index contributed by atoms with van der Waals surface area (Å²) < 4.78 is 5.06. The monoisotopic (exact) mass is 376 g/mol. The third-order valence-corrected chi connectivity index (χ3v) is 5.26. The number of imide groups is 1. The molecule has 8 heteroatoms. The first-order chi connectivity index (χ1) is 12.5. The number of anilines is 1. The molecule has 0 N–H and O–H groups in total. The number of ether oxygens (including phenoxy) is 1. The first-order valence-corrected chi connectivity index (χ1v) is 9.66. The Kier molecular flexibility index (Phi) is 5.61. The van der Waals surface area contributed by atoms with Crippen molar-refractivity contribution in [3.8, 4) is 0 Å². The zero-order chi connectivity index (χ0) is 18.7. The second-order valence-electron chi connectivity index (χ2n) is 6.26. The van der Waals surface area contributed by atoms with Crippen LogP contribution in [0.25, 0.3) is 0 Å². The highest BCUT2D eigenvalue weighted by Gasteiger charge is 2.37. The highest BCUT2D eigenvalue weighted by atomic mass is 32.2. The maximum atomic E-state index is 12.3. The van der Waals surface area contributed by atoms with Gasteiger partial charge in [-0.15, -0.1) is 11.8 Å². The first-order valence-electron chi connectivity index (χ1n) is 8.44. The van der Waals surface area contributed by atoms with Crippen LogP contribution in [0.5, 0.6) is 0 Å². The fourth-order valence-corrected chi connectivity index (χ4v) is 3.59. The minimum Gasteiger partial charge on any atom is -0.455 e. The smallest absolute Gasteiger partial charge is 0.311 e. The molecule has 2 aliphatic rings. The Balaban J connectivity index is 1.56. The average Bonchev–Trinajstić information content (AvgIpc) is 3.25. The van der Waals surface area contributed by atoms with Crippen molar-refractivity contribution in [3.63, 3.8) is 0 Å². The van der Waals surface area contributed by atoms with Gasteiger partial charge in [-0.25, -0.2) is 0 Å². The van der Waals surface area contributed by atoms with Gasteiger partial charge in [-0.05, 0) is 30.9 Å². The van der Waals surface area contributed by atoms with Crippen molar-refractivity contribution < 1.29 is 23.9 Å². The minimum atomic E-state index is -0.609. The van der Waals surface area contributed by atoms with E-state index in [1.165, 1.54) is 0 Å². The van der Waals surface area contributed by atoms with E-state index >= 15 is 0 Å². The van der Waals surface area contributed by atoms with Crippen molar-refractivity contribution in [1.29, 1.82) is 0 Å². The van der Waals surface area contributed by atoms with Crippen molar-refractivity contribution in [1.82, 2.24) is 4.90 Å². The maximum Gasteiger partial charge on any atom is 0.311 e. The Bertz CT molecular complexity index is 751. The van der Waals surface area contributed by atoms with Crippen LogP contribution in [0.3, 0.4) is 0 Å². The summed E-state index contributed by atoms with van der Waals surface area (Å²) in [5.41, 5.74) is 0.746. The third kappa shape index (κ3) is 3.90. The number of thioether (sulfide) groups is 1. The molecule has 2 saturated heterocycles. The number of benzene rings is 1. The Morgan fingerprint density at radius 2 is 2.08 bits per heavy atom. The fraction of sp³-hybridized carbons (Fsp3) is 0.444. The van der Waals surface area contributed by atoms with Gasteiger partial charge in [0.1, 0.15) is 0 Å². The highest BCUT2D eigenvalue weighted by Crippen LogP contribution is 2.28. The lowest BCUT2D eigenvalue weighted by molar-refractivity contribution is -0.157. The minimum absolute atomic E-state index is 0.0547. The zero-order valence-electron chi connectivity index (χ0n) is 14.5. The quantitative estimate of drug-likeness (QED) is 0.571. The van der Waals surface area contributed by atoms with Crippen LogP contribution in [-0.2, 0) is 23.9 Å². The molecule has 0 bridgehead atoms. The predicted molar refractivity (Wildman–Crippen MR) is 95.6 cm³/mol. The zero-order valence-corrected chi connectivity index (χ0v) is 15.3. The number of carbonyl (C=O) groups excluding carboxylic acids is 4. The van der Waals surface area contributed by atoms with E-state index in [0.29, 0.717) is 19.4 Å². The lowest BCUT2D eigenvalue weighted by atomic mass is 10.1. The van der Waals surface area contributed by atoms with Crippen LogP contribution in [-0.4, -0.2) is 54.5 Å². The predicted octanol–water partition coefficient (Wildman–Crippen LogP) is 1.45. The van der Waals surface area contributed by atoms with E-state index in [1.54, 1.807) is 16.7 Å². The molecule has 2 fully saturated rings. The number of amides is 3. The standard InChI is InChI=1S/C18H20N2O5S/c1-26-14-5-2-4-13(9-14)20-10-12(8-16(20)22)18(24)25-11-17(23)19-7-3-6-15(19)21/h2,4-5,9,12H,3,6-8,10-11H2,1H3/t12-/m1/s1. The maximum absolute atomic E-state index is 12.3. The average molecular weight is 376 g/mol. The molecule has 26 heavy (non-hydrogen) atoms. The SMILES string of the molecule is CSc1cccc(N2C[C@H](C(=O)OCC(=O)N3CCCC3=O)CC2=O)c1. The number of nitrogens with zero attached hydrogens (tertiary/aromatic N) is 2. The fourth-order valence-electron chi connectivity index (χ4n) is 3.13. The largest absolute Gasteiger partial charge is 0.455 e. The normalized spacial score (nSPS) is 20.0. The number of hydrogen-bond donors (Lipinski definition) is 0. The van der Waals surface area contributed by atoms with E-state index in [2.05, 4.69) is 0 Å². The second-order valence-corrected chi connectivity index (χ2v) is 7.14. The molecule has 0 unspecified atom stereocenters. The Morgan fingerprint density at radius 3 is 2.77 bits per heavy atom. The molecule has 0 spiro atoms. The van der Waals surface area contributed by atoms with Crippen LogP contribution in [0, 0.1) is 5.92 Å². The molecule has 3 amide bonds. The topological polar surface area (TPSA) is 84.0 Å². The summed E-state index contributed by atoms with van der Waals surface area (Å²) in [5, 5.41) is 0. The van der Waals surface area contributed by atoms with Crippen LogP contribution in [0.1, 0.15) is 19.3 Å². The molecule has 1 atom stereocenters. The summed E-state index contributed by atoms with van der Waals surface area (Å²) in [7, 11) is 0. The number of hydrogen-bond acceptors (Lipinski definition) is 6. The van der Waals surface area contributed by atoms with Crippen LogP contribution in [0.4, 0.5) is 5.69 Å². The summed E-state index contributed by atoms with van der Waals surface area (Å²) in [6.45, 7) is 0.139. The van der Waals surface area contributed by atoms with Crippen LogP contribution in [0.2, 0.25) is 0 Å². The van der Waals surface area contributed by atoms with E-state index < -0.39 is 24.4 Å². The van der Waals surface area contributed by atoms with Gasteiger partial charge in [0.2, 0.25) is 11.8 Å². The number of esters is 1. The van der Waals surface area contributed by atoms with Crippen LogP contribution >= 0.6 is 11.8 Å². The molecule has 3 rings (SSSR count).